The first-order valence-electron chi connectivity index (χ1n) is 9.55. The van der Waals surface area contributed by atoms with Crippen molar-refractivity contribution >= 4 is 45.4 Å². The zero-order valence-electron chi connectivity index (χ0n) is 16.7. The Kier molecular flexibility index (Phi) is 5.43. The third kappa shape index (κ3) is 2.99. The number of thioether (sulfide) groups is 1. The van der Waals surface area contributed by atoms with E-state index in [0.29, 0.717) is 10.5 Å². The predicted molar refractivity (Wildman–Crippen MR) is 107 cm³/mol. The van der Waals surface area contributed by atoms with Crippen molar-refractivity contribution in [1.82, 2.24) is 9.30 Å². The van der Waals surface area contributed by atoms with Gasteiger partial charge in [-0.1, -0.05) is 30.0 Å². The van der Waals surface area contributed by atoms with Gasteiger partial charge in [0.15, 0.2) is 0 Å². The van der Waals surface area contributed by atoms with E-state index in [1.165, 1.54) is 28.0 Å². The maximum atomic E-state index is 12.5. The van der Waals surface area contributed by atoms with Gasteiger partial charge in [-0.05, 0) is 13.2 Å². The van der Waals surface area contributed by atoms with E-state index in [1.54, 1.807) is 13.3 Å². The number of fused-ring (bicyclic) bond motifs is 2. The highest BCUT2D eigenvalue weighted by Gasteiger charge is 2.59. The average molecular weight is 454 g/mol. The van der Waals surface area contributed by atoms with E-state index in [2.05, 4.69) is 0 Å². The van der Waals surface area contributed by atoms with Gasteiger partial charge in [0.1, 0.15) is 18.8 Å². The highest BCUT2D eigenvalue weighted by atomic mass is 32.2. The molecule has 2 aromatic heterocycles. The van der Waals surface area contributed by atoms with Crippen molar-refractivity contribution in [2.45, 2.75) is 43.7 Å². The Morgan fingerprint density at radius 3 is 2.70 bits per heavy atom. The summed E-state index contributed by atoms with van der Waals surface area (Å²) in [6.45, 7) is 3.31. The first-order chi connectivity index (χ1) is 14.2. The summed E-state index contributed by atoms with van der Waals surface area (Å²) >= 11 is 2.88. The van der Waals surface area contributed by atoms with Crippen LogP contribution in [0.25, 0.3) is 10.4 Å². The molecule has 1 unspecified atom stereocenters. The number of carbonyl (C=O) groups is 2. The van der Waals surface area contributed by atoms with Gasteiger partial charge < -0.3 is 30.1 Å². The van der Waals surface area contributed by atoms with E-state index in [-0.39, 0.29) is 30.7 Å². The van der Waals surface area contributed by atoms with Gasteiger partial charge >= 0.3 is 0 Å². The fraction of sp³-hybridized carbons (Fsp3) is 0.526. The summed E-state index contributed by atoms with van der Waals surface area (Å²) in [7, 11) is 0. The number of rotatable bonds is 7. The number of aromatic nitrogens is 2. The lowest BCUT2D eigenvalue weighted by molar-refractivity contribution is -0.736. The maximum absolute atomic E-state index is 12.5. The summed E-state index contributed by atoms with van der Waals surface area (Å²) < 4.78 is 3.69. The topological polar surface area (TPSA) is 129 Å². The van der Waals surface area contributed by atoms with Crippen molar-refractivity contribution in [3.8, 4) is 0 Å². The van der Waals surface area contributed by atoms with Crippen LogP contribution in [0.15, 0.2) is 23.2 Å². The van der Waals surface area contributed by atoms with E-state index < -0.39 is 30.1 Å². The molecule has 1 amide bonds. The van der Waals surface area contributed by atoms with Crippen LogP contribution >= 0.6 is 23.1 Å². The Hall–Kier alpha value is -1.92. The lowest BCUT2D eigenvalue weighted by Gasteiger charge is -2.47. The average Bonchev–Trinajstić information content (AvgIpc) is 3.28. The van der Waals surface area contributed by atoms with E-state index in [0.717, 1.165) is 9.86 Å². The summed E-state index contributed by atoms with van der Waals surface area (Å²) in [5.74, 6) is -2.68. The molecule has 30 heavy (non-hydrogen) atoms. The Morgan fingerprint density at radius 1 is 1.43 bits per heavy atom. The molecular weight excluding hydrogens is 430 g/mol. The number of amides is 1. The zero-order chi connectivity index (χ0) is 21.9. The Morgan fingerprint density at radius 2 is 2.13 bits per heavy atom. The summed E-state index contributed by atoms with van der Waals surface area (Å²) in [5, 5.41) is 41.7. The van der Waals surface area contributed by atoms with Gasteiger partial charge in [0, 0.05) is 11.5 Å². The Balaban J connectivity index is 1.79. The number of aliphatic hydroxyl groups is 3. The number of nitrogens with zero attached hydrogens (tertiary/aromatic N) is 3. The molecule has 0 spiro atoms. The van der Waals surface area contributed by atoms with Crippen LogP contribution in [0.2, 0.25) is 0 Å². The molecule has 0 aliphatic carbocycles. The van der Waals surface area contributed by atoms with Crippen molar-refractivity contribution in [1.29, 1.82) is 0 Å². The minimum absolute atomic E-state index is 0.117. The van der Waals surface area contributed by atoms with Crippen molar-refractivity contribution in [3.05, 3.63) is 23.1 Å². The Bertz CT molecular complexity index is 1060. The summed E-state index contributed by atoms with van der Waals surface area (Å²) in [4.78, 5) is 27.3. The lowest BCUT2D eigenvalue weighted by Crippen LogP contribution is -2.64. The number of hydrogen-bond acceptors (Lipinski definition) is 8. The van der Waals surface area contributed by atoms with E-state index in [9.17, 15) is 24.9 Å². The molecule has 4 rings (SSSR count). The van der Waals surface area contributed by atoms with Gasteiger partial charge in [0.25, 0.3) is 6.33 Å². The third-order valence-corrected chi connectivity index (χ3v) is 7.93. The third-order valence-electron chi connectivity index (χ3n) is 5.85. The molecule has 2 aliphatic rings. The van der Waals surface area contributed by atoms with E-state index in [1.807, 2.05) is 28.3 Å². The SMILES string of the molecule is CSc1c2sc(C3=C(C(=O)[O-])N4C(=O)[C@H](C(C)O)[C@H]4[C@@H]3C)cn2c[n+]1C[C@H](O)CO. The number of aliphatic carboxylic acids is 1. The molecule has 9 nitrogen and oxygen atoms in total. The molecule has 0 aromatic carbocycles. The number of carboxylic acids is 1. The molecule has 4 heterocycles. The second kappa shape index (κ2) is 7.65. The largest absolute Gasteiger partial charge is 0.543 e. The van der Waals surface area contributed by atoms with Gasteiger partial charge in [-0.2, -0.15) is 4.40 Å². The number of thiazole rings is 1. The van der Waals surface area contributed by atoms with Crippen LogP contribution in [0.5, 0.6) is 0 Å². The second-order valence-corrected chi connectivity index (χ2v) is 9.55. The van der Waals surface area contributed by atoms with Crippen LogP contribution in [-0.4, -0.2) is 67.6 Å². The number of aliphatic hydroxyl groups excluding tert-OH is 3. The number of carboxylic acid groups (broad SMARTS) is 1. The first kappa shape index (κ1) is 21.3. The molecule has 0 saturated carbocycles. The van der Waals surface area contributed by atoms with Gasteiger partial charge in [0.05, 0.1) is 41.2 Å². The molecule has 0 bridgehead atoms. The Labute approximate surface area is 180 Å². The molecule has 1 fully saturated rings. The van der Waals surface area contributed by atoms with Gasteiger partial charge in [-0.3, -0.25) is 4.79 Å². The molecule has 0 radical (unpaired) electrons. The summed E-state index contributed by atoms with van der Waals surface area (Å²) in [6, 6.07) is -0.397. The maximum Gasteiger partial charge on any atom is 0.250 e. The standard InChI is InChI=1S/C19H23N3O6S2/c1-8-12(15(19(27)28)22-14(8)13(9(2)24)16(22)26)11-5-21-7-20(4-10(25)6-23)17(29-3)18(21)30-11/h5,7-10,13-14,23-25H,4,6H2,1-3H3/t8-,9?,10+,13-,14-/m1/s1. The molecule has 5 atom stereocenters. The molecule has 3 N–H and O–H groups in total. The molecule has 11 heteroatoms. The first-order valence-corrected chi connectivity index (χ1v) is 11.6. The van der Waals surface area contributed by atoms with Gasteiger partial charge in [-0.25, -0.2) is 4.57 Å². The van der Waals surface area contributed by atoms with E-state index >= 15 is 0 Å². The lowest BCUT2D eigenvalue weighted by atomic mass is 9.77. The molecule has 1 saturated heterocycles. The highest BCUT2D eigenvalue weighted by Crippen LogP contribution is 2.51. The van der Waals surface area contributed by atoms with Gasteiger partial charge in [-0.15, -0.1) is 0 Å². The number of carbonyl (C=O) groups excluding carboxylic acids is 2. The van der Waals surface area contributed by atoms with Crippen molar-refractivity contribution < 1.29 is 34.6 Å². The van der Waals surface area contributed by atoms with Crippen LogP contribution in [-0.2, 0) is 16.1 Å². The zero-order valence-corrected chi connectivity index (χ0v) is 18.3. The van der Waals surface area contributed by atoms with Crippen LogP contribution < -0.4 is 9.67 Å². The summed E-state index contributed by atoms with van der Waals surface area (Å²) in [5.41, 5.74) is 0.423. The monoisotopic (exact) mass is 453 g/mol. The van der Waals surface area contributed by atoms with Crippen molar-refractivity contribution in [3.63, 3.8) is 0 Å². The van der Waals surface area contributed by atoms with E-state index in [4.69, 9.17) is 5.11 Å². The quantitative estimate of drug-likeness (QED) is 0.269. The number of β-lactam (4-membered cyclic amide) rings is 1. The number of hydrogen-bond donors (Lipinski definition) is 3. The van der Waals surface area contributed by atoms with Crippen LogP contribution in [0.4, 0.5) is 0 Å². The fourth-order valence-electron chi connectivity index (χ4n) is 4.56. The van der Waals surface area contributed by atoms with Crippen molar-refractivity contribution in [2.24, 2.45) is 11.8 Å². The molecular formula is C19H23N3O6S2. The summed E-state index contributed by atoms with van der Waals surface area (Å²) in [6.07, 6.45) is 3.76. The highest BCUT2D eigenvalue weighted by molar-refractivity contribution is 7.98. The fourth-order valence-corrected chi connectivity index (χ4v) is 6.75. The minimum Gasteiger partial charge on any atom is -0.543 e. The normalized spacial score (nSPS) is 25.6. The second-order valence-electron chi connectivity index (χ2n) is 7.72. The molecule has 2 aliphatic heterocycles. The molecule has 162 valence electrons. The predicted octanol–water partition coefficient (Wildman–Crippen LogP) is -1.32. The minimum atomic E-state index is -1.40. The van der Waals surface area contributed by atoms with Gasteiger partial charge in [0.2, 0.25) is 15.8 Å². The molecule has 2 aromatic rings. The van der Waals surface area contributed by atoms with Crippen LogP contribution in [0.3, 0.4) is 0 Å². The van der Waals surface area contributed by atoms with Crippen LogP contribution in [0.1, 0.15) is 18.7 Å². The van der Waals surface area contributed by atoms with Crippen LogP contribution in [0, 0.1) is 11.8 Å². The van der Waals surface area contributed by atoms with Crippen molar-refractivity contribution in [2.75, 3.05) is 12.9 Å². The smallest absolute Gasteiger partial charge is 0.250 e. The number of imidazole rings is 1.